The first-order chi connectivity index (χ1) is 11.1. The Morgan fingerprint density at radius 1 is 1.26 bits per heavy atom. The van der Waals surface area contributed by atoms with Crippen LogP contribution in [0.15, 0.2) is 47.4 Å². The molecule has 4 nitrogen and oxygen atoms in total. The second kappa shape index (κ2) is 5.48. The number of pyridine rings is 2. The Morgan fingerprint density at radius 2 is 2.13 bits per heavy atom. The van der Waals surface area contributed by atoms with E-state index in [1.165, 1.54) is 0 Å². The summed E-state index contributed by atoms with van der Waals surface area (Å²) in [5.41, 5.74) is 3.10. The van der Waals surface area contributed by atoms with Gasteiger partial charge in [-0.05, 0) is 43.2 Å². The van der Waals surface area contributed by atoms with Crippen LogP contribution in [-0.2, 0) is 12.8 Å². The Kier molecular flexibility index (Phi) is 3.43. The van der Waals surface area contributed by atoms with Crippen LogP contribution in [0.25, 0.3) is 16.7 Å². The summed E-state index contributed by atoms with van der Waals surface area (Å²) in [6.07, 6.45) is 2.90. The van der Waals surface area contributed by atoms with Gasteiger partial charge in [-0.3, -0.25) is 9.36 Å². The van der Waals surface area contributed by atoms with Crippen molar-refractivity contribution in [3.05, 3.63) is 69.1 Å². The number of hydrogen-bond acceptors (Lipinski definition) is 3. The van der Waals surface area contributed by atoms with Crippen molar-refractivity contribution in [2.24, 2.45) is 0 Å². The summed E-state index contributed by atoms with van der Waals surface area (Å²) >= 11 is 6.15. The molecule has 2 aromatic heterocycles. The maximum atomic E-state index is 12.8. The Balaban J connectivity index is 2.14. The molecule has 1 aliphatic rings. The molecule has 5 heteroatoms. The average molecular weight is 327 g/mol. The second-order valence-corrected chi connectivity index (χ2v) is 6.28. The van der Waals surface area contributed by atoms with Crippen LogP contribution in [0, 0.1) is 0 Å². The molecular formula is C18H15ClN2O2. The standard InChI is InChI=1S/C18H15ClN2O2/c19-11-3-1-4-12(9-11)21-16-7-6-13(22)10-15(16)17(23)14-5-2-8-20-18(14)21/h1-5,8-9,13,22H,6-7,10H2. The highest BCUT2D eigenvalue weighted by Crippen LogP contribution is 2.27. The Bertz CT molecular complexity index is 965. The van der Waals surface area contributed by atoms with E-state index in [-0.39, 0.29) is 5.43 Å². The largest absolute Gasteiger partial charge is 0.393 e. The number of nitrogens with zero attached hydrogens (tertiary/aromatic N) is 2. The van der Waals surface area contributed by atoms with E-state index in [4.69, 9.17) is 11.6 Å². The summed E-state index contributed by atoms with van der Waals surface area (Å²) in [7, 11) is 0. The molecule has 2 heterocycles. The number of fused-ring (bicyclic) bond motifs is 2. The summed E-state index contributed by atoms with van der Waals surface area (Å²) < 4.78 is 2.00. The summed E-state index contributed by atoms with van der Waals surface area (Å²) in [6.45, 7) is 0. The van der Waals surface area contributed by atoms with Gasteiger partial charge in [0.2, 0.25) is 0 Å². The molecular weight excluding hydrogens is 312 g/mol. The van der Waals surface area contributed by atoms with E-state index < -0.39 is 6.10 Å². The molecule has 0 fully saturated rings. The predicted molar refractivity (Wildman–Crippen MR) is 90.4 cm³/mol. The fourth-order valence-corrected chi connectivity index (χ4v) is 3.50. The van der Waals surface area contributed by atoms with Crippen molar-refractivity contribution in [1.82, 2.24) is 9.55 Å². The van der Waals surface area contributed by atoms with E-state index in [0.717, 1.165) is 11.4 Å². The zero-order valence-corrected chi connectivity index (χ0v) is 13.1. The number of halogens is 1. The van der Waals surface area contributed by atoms with E-state index in [2.05, 4.69) is 4.98 Å². The number of aromatic nitrogens is 2. The maximum absolute atomic E-state index is 12.8. The maximum Gasteiger partial charge on any atom is 0.194 e. The van der Waals surface area contributed by atoms with Crippen LogP contribution in [0.4, 0.5) is 0 Å². The quantitative estimate of drug-likeness (QED) is 0.748. The fraction of sp³-hybridized carbons (Fsp3) is 0.222. The second-order valence-electron chi connectivity index (χ2n) is 5.84. The minimum absolute atomic E-state index is 0.0277. The van der Waals surface area contributed by atoms with Crippen molar-refractivity contribution in [2.45, 2.75) is 25.4 Å². The summed E-state index contributed by atoms with van der Waals surface area (Å²) in [5, 5.41) is 11.2. The average Bonchev–Trinajstić information content (AvgIpc) is 2.56. The summed E-state index contributed by atoms with van der Waals surface area (Å²) in [5.74, 6) is 0. The third-order valence-corrected chi connectivity index (χ3v) is 4.59. The molecule has 0 saturated heterocycles. The number of hydrogen-bond donors (Lipinski definition) is 1. The van der Waals surface area contributed by atoms with Gasteiger partial charge in [0.25, 0.3) is 0 Å². The van der Waals surface area contributed by atoms with Gasteiger partial charge in [0.05, 0.1) is 11.5 Å². The van der Waals surface area contributed by atoms with E-state index in [0.29, 0.717) is 40.9 Å². The Hall–Kier alpha value is -2.17. The SMILES string of the molecule is O=c1c2c(n(-c3cccc(Cl)c3)c3ncccc13)CCC(O)C2. The molecule has 1 aliphatic carbocycles. The molecule has 1 unspecified atom stereocenters. The molecule has 0 spiro atoms. The molecule has 4 rings (SSSR count). The molecule has 116 valence electrons. The van der Waals surface area contributed by atoms with Crippen LogP contribution in [0.2, 0.25) is 5.02 Å². The Labute approximate surface area is 138 Å². The number of aliphatic hydroxyl groups excluding tert-OH is 1. The predicted octanol–water partition coefficient (Wildman–Crippen LogP) is 2.89. The molecule has 0 saturated carbocycles. The van der Waals surface area contributed by atoms with Crippen molar-refractivity contribution in [2.75, 3.05) is 0 Å². The van der Waals surface area contributed by atoms with Gasteiger partial charge in [-0.25, -0.2) is 4.98 Å². The summed E-state index contributed by atoms with van der Waals surface area (Å²) in [6, 6.07) is 11.1. The smallest absolute Gasteiger partial charge is 0.194 e. The number of benzene rings is 1. The lowest BCUT2D eigenvalue weighted by Gasteiger charge is -2.25. The van der Waals surface area contributed by atoms with Gasteiger partial charge in [0, 0.05) is 34.6 Å². The zero-order chi connectivity index (χ0) is 16.0. The first kappa shape index (κ1) is 14.4. The molecule has 1 N–H and O–H groups in total. The molecule has 0 aliphatic heterocycles. The van der Waals surface area contributed by atoms with E-state index in [9.17, 15) is 9.90 Å². The van der Waals surface area contributed by atoms with Crippen LogP contribution in [0.3, 0.4) is 0 Å². The topological polar surface area (TPSA) is 55.1 Å². The first-order valence-corrected chi connectivity index (χ1v) is 7.98. The van der Waals surface area contributed by atoms with Gasteiger partial charge < -0.3 is 5.11 Å². The van der Waals surface area contributed by atoms with E-state index >= 15 is 0 Å². The highest BCUT2D eigenvalue weighted by molar-refractivity contribution is 6.30. The van der Waals surface area contributed by atoms with Crippen molar-refractivity contribution >= 4 is 22.6 Å². The van der Waals surface area contributed by atoms with E-state index in [1.807, 2.05) is 28.8 Å². The highest BCUT2D eigenvalue weighted by atomic mass is 35.5. The van der Waals surface area contributed by atoms with Crippen molar-refractivity contribution < 1.29 is 5.11 Å². The zero-order valence-electron chi connectivity index (χ0n) is 12.4. The lowest BCUT2D eigenvalue weighted by Crippen LogP contribution is -2.29. The van der Waals surface area contributed by atoms with Gasteiger partial charge >= 0.3 is 0 Å². The lowest BCUT2D eigenvalue weighted by molar-refractivity contribution is 0.157. The molecule has 1 atom stereocenters. The molecule has 3 aromatic rings. The molecule has 0 radical (unpaired) electrons. The molecule has 23 heavy (non-hydrogen) atoms. The molecule has 1 aromatic carbocycles. The first-order valence-electron chi connectivity index (χ1n) is 7.60. The van der Waals surface area contributed by atoms with E-state index in [1.54, 1.807) is 18.3 Å². The minimum Gasteiger partial charge on any atom is -0.393 e. The van der Waals surface area contributed by atoms with Crippen molar-refractivity contribution in [3.8, 4) is 5.69 Å². The third-order valence-electron chi connectivity index (χ3n) is 4.36. The van der Waals surface area contributed by atoms with Crippen LogP contribution >= 0.6 is 11.6 Å². The fourth-order valence-electron chi connectivity index (χ4n) is 3.32. The normalized spacial score (nSPS) is 17.2. The molecule has 0 bridgehead atoms. The van der Waals surface area contributed by atoms with Crippen molar-refractivity contribution in [1.29, 1.82) is 0 Å². The van der Waals surface area contributed by atoms with Gasteiger partial charge in [-0.15, -0.1) is 0 Å². The Morgan fingerprint density at radius 3 is 2.96 bits per heavy atom. The molecule has 0 amide bonds. The van der Waals surface area contributed by atoms with Gasteiger partial charge in [0.15, 0.2) is 5.43 Å². The van der Waals surface area contributed by atoms with Gasteiger partial charge in [-0.1, -0.05) is 17.7 Å². The number of aliphatic hydroxyl groups is 1. The minimum atomic E-state index is -0.461. The number of rotatable bonds is 1. The highest BCUT2D eigenvalue weighted by Gasteiger charge is 2.25. The monoisotopic (exact) mass is 326 g/mol. The van der Waals surface area contributed by atoms with Crippen LogP contribution < -0.4 is 5.43 Å². The van der Waals surface area contributed by atoms with Crippen molar-refractivity contribution in [3.63, 3.8) is 0 Å². The van der Waals surface area contributed by atoms with Crippen LogP contribution in [-0.4, -0.2) is 20.8 Å². The lowest BCUT2D eigenvalue weighted by atomic mass is 9.92. The van der Waals surface area contributed by atoms with Gasteiger partial charge in [0.1, 0.15) is 5.65 Å². The van der Waals surface area contributed by atoms with Crippen LogP contribution in [0.5, 0.6) is 0 Å². The summed E-state index contributed by atoms with van der Waals surface area (Å²) in [4.78, 5) is 17.2. The van der Waals surface area contributed by atoms with Gasteiger partial charge in [-0.2, -0.15) is 0 Å². The third kappa shape index (κ3) is 2.35. The van der Waals surface area contributed by atoms with Crippen LogP contribution in [0.1, 0.15) is 17.7 Å².